The lowest BCUT2D eigenvalue weighted by atomic mass is 10.1. The second-order valence-corrected chi connectivity index (χ2v) is 4.62. The maximum absolute atomic E-state index is 12.3. The van der Waals surface area contributed by atoms with Gasteiger partial charge in [0.15, 0.2) is 0 Å². The molecule has 1 aliphatic heterocycles. The highest BCUT2D eigenvalue weighted by molar-refractivity contribution is 6.20. The van der Waals surface area contributed by atoms with E-state index in [9.17, 15) is 18.8 Å². The molecule has 0 aromatic heterocycles. The van der Waals surface area contributed by atoms with Crippen LogP contribution < -0.4 is 0 Å². The predicted octanol–water partition coefficient (Wildman–Crippen LogP) is 1.35. The number of carbonyl (C=O) groups excluding carboxylic acids is 3. The number of imide groups is 1. The van der Waals surface area contributed by atoms with Crippen LogP contribution in [-0.4, -0.2) is 29.5 Å². The van der Waals surface area contributed by atoms with Crippen LogP contribution in [0.2, 0.25) is 0 Å². The number of rotatable bonds is 3. The average Bonchev–Trinajstić information content (AvgIpc) is 3.18. The van der Waals surface area contributed by atoms with Gasteiger partial charge in [-0.25, -0.2) is 4.79 Å². The molecule has 2 aliphatic rings. The summed E-state index contributed by atoms with van der Waals surface area (Å²) in [6, 6.07) is 6.22. The number of hydrogen-bond donors (Lipinski definition) is 0. The fourth-order valence-corrected chi connectivity index (χ4v) is 2.11. The minimum atomic E-state index is -0.725. The molecule has 5 nitrogen and oxygen atoms in total. The second-order valence-electron chi connectivity index (χ2n) is 4.62. The molecule has 0 spiro atoms. The quantitative estimate of drug-likeness (QED) is 0.772. The molecule has 1 saturated carbocycles. The number of hydroxylamine groups is 2. The molecule has 98 valence electrons. The van der Waals surface area contributed by atoms with Gasteiger partial charge in [0, 0.05) is 5.92 Å². The van der Waals surface area contributed by atoms with Gasteiger partial charge in [0.25, 0.3) is 11.8 Å². The molecule has 0 radical (unpaired) electrons. The second kappa shape index (κ2) is 4.15. The number of benzene rings is 1. The van der Waals surface area contributed by atoms with E-state index in [1.54, 1.807) is 12.1 Å². The Morgan fingerprint density at radius 2 is 1.84 bits per heavy atom. The van der Waals surface area contributed by atoms with Crippen molar-refractivity contribution in [3.8, 4) is 0 Å². The summed E-state index contributed by atoms with van der Waals surface area (Å²) in [5.41, 5.74) is 0.413. The van der Waals surface area contributed by atoms with Crippen LogP contribution in [0, 0.1) is 11.8 Å². The SMILES string of the molecule is O=C(ON1C(=O)c2ccccc2C1=O)[C@@H]1C[C@H]1CF. The van der Waals surface area contributed by atoms with Gasteiger partial charge in [-0.15, -0.1) is 0 Å². The van der Waals surface area contributed by atoms with Gasteiger partial charge in [0.1, 0.15) is 0 Å². The van der Waals surface area contributed by atoms with Crippen molar-refractivity contribution < 1.29 is 23.6 Å². The highest BCUT2D eigenvalue weighted by Crippen LogP contribution is 2.40. The zero-order valence-corrected chi connectivity index (χ0v) is 9.84. The summed E-state index contributed by atoms with van der Waals surface area (Å²) >= 11 is 0. The predicted molar refractivity (Wildman–Crippen MR) is 60.6 cm³/mol. The van der Waals surface area contributed by atoms with E-state index in [0.29, 0.717) is 11.5 Å². The lowest BCUT2D eigenvalue weighted by Crippen LogP contribution is -2.33. The van der Waals surface area contributed by atoms with E-state index < -0.39 is 30.4 Å². The number of halogens is 1. The number of alkyl halides is 1. The molecular formula is C13H10FNO4. The maximum Gasteiger partial charge on any atom is 0.336 e. The van der Waals surface area contributed by atoms with E-state index in [-0.39, 0.29) is 17.0 Å². The normalized spacial score (nSPS) is 24.4. The zero-order chi connectivity index (χ0) is 13.6. The van der Waals surface area contributed by atoms with Crippen molar-refractivity contribution in [2.45, 2.75) is 6.42 Å². The molecule has 0 saturated heterocycles. The summed E-state index contributed by atoms with van der Waals surface area (Å²) < 4.78 is 12.3. The fourth-order valence-electron chi connectivity index (χ4n) is 2.11. The highest BCUT2D eigenvalue weighted by atomic mass is 19.1. The van der Waals surface area contributed by atoms with Gasteiger partial charge in [-0.1, -0.05) is 17.2 Å². The Bertz CT molecular complexity index is 551. The molecule has 1 fully saturated rings. The van der Waals surface area contributed by atoms with E-state index in [2.05, 4.69) is 0 Å². The Morgan fingerprint density at radius 1 is 1.26 bits per heavy atom. The third kappa shape index (κ3) is 1.80. The van der Waals surface area contributed by atoms with Gasteiger partial charge in [-0.2, -0.15) is 0 Å². The van der Waals surface area contributed by atoms with Gasteiger partial charge >= 0.3 is 5.97 Å². The van der Waals surface area contributed by atoms with E-state index in [0.717, 1.165) is 0 Å². The lowest BCUT2D eigenvalue weighted by Gasteiger charge is -2.12. The summed E-state index contributed by atoms with van der Waals surface area (Å²) in [5, 5.41) is 0.459. The van der Waals surface area contributed by atoms with Crippen LogP contribution in [-0.2, 0) is 9.63 Å². The van der Waals surface area contributed by atoms with Crippen molar-refractivity contribution in [2.24, 2.45) is 11.8 Å². The van der Waals surface area contributed by atoms with Gasteiger partial charge in [0.2, 0.25) is 0 Å². The van der Waals surface area contributed by atoms with Crippen LogP contribution in [0.4, 0.5) is 4.39 Å². The first kappa shape index (κ1) is 11.8. The molecule has 1 aromatic carbocycles. The number of amides is 2. The Kier molecular flexibility index (Phi) is 2.58. The molecule has 19 heavy (non-hydrogen) atoms. The van der Waals surface area contributed by atoms with Crippen LogP contribution in [0.3, 0.4) is 0 Å². The van der Waals surface area contributed by atoms with Crippen molar-refractivity contribution >= 4 is 17.8 Å². The maximum atomic E-state index is 12.3. The van der Waals surface area contributed by atoms with Crippen molar-refractivity contribution in [2.75, 3.05) is 6.67 Å². The molecule has 0 unspecified atom stereocenters. The smallest absolute Gasteiger partial charge is 0.329 e. The molecule has 0 N–H and O–H groups in total. The number of nitrogens with zero attached hydrogens (tertiary/aromatic N) is 1. The average molecular weight is 263 g/mol. The van der Waals surface area contributed by atoms with Crippen molar-refractivity contribution in [1.29, 1.82) is 0 Å². The van der Waals surface area contributed by atoms with E-state index in [1.807, 2.05) is 0 Å². The number of carbonyl (C=O) groups is 3. The molecule has 1 aromatic rings. The summed E-state index contributed by atoms with van der Waals surface area (Å²) in [7, 11) is 0. The van der Waals surface area contributed by atoms with Crippen molar-refractivity contribution in [3.63, 3.8) is 0 Å². The van der Waals surface area contributed by atoms with Crippen LogP contribution >= 0.6 is 0 Å². The molecule has 2 amide bonds. The summed E-state index contributed by atoms with van der Waals surface area (Å²) in [6.45, 7) is -0.595. The topological polar surface area (TPSA) is 63.7 Å². The Labute approximate surface area is 107 Å². The Balaban J connectivity index is 1.76. The third-order valence-corrected chi connectivity index (χ3v) is 3.36. The molecule has 0 bridgehead atoms. The van der Waals surface area contributed by atoms with Gasteiger partial charge in [-0.3, -0.25) is 14.0 Å². The first-order chi connectivity index (χ1) is 9.13. The highest BCUT2D eigenvalue weighted by Gasteiger charge is 2.47. The summed E-state index contributed by atoms with van der Waals surface area (Å²) in [5.74, 6) is -2.94. The molecule has 6 heteroatoms. The monoisotopic (exact) mass is 263 g/mol. The molecule has 2 atom stereocenters. The number of fused-ring (bicyclic) bond motifs is 1. The zero-order valence-electron chi connectivity index (χ0n) is 9.84. The molecular weight excluding hydrogens is 253 g/mol. The van der Waals surface area contributed by atoms with Crippen LogP contribution in [0.25, 0.3) is 0 Å². The van der Waals surface area contributed by atoms with Crippen LogP contribution in [0.5, 0.6) is 0 Å². The minimum Gasteiger partial charge on any atom is -0.329 e. The van der Waals surface area contributed by atoms with Crippen molar-refractivity contribution in [1.82, 2.24) is 5.06 Å². The largest absolute Gasteiger partial charge is 0.336 e. The molecule has 1 heterocycles. The third-order valence-electron chi connectivity index (χ3n) is 3.36. The standard InChI is InChI=1S/C13H10FNO4/c14-6-7-5-10(7)13(18)19-15-11(16)8-3-1-2-4-9(8)12(15)17/h1-4,7,10H,5-6H2/t7-,10+/m0/s1. The van der Waals surface area contributed by atoms with E-state index in [4.69, 9.17) is 4.84 Å². The van der Waals surface area contributed by atoms with E-state index in [1.165, 1.54) is 12.1 Å². The number of hydrogen-bond acceptors (Lipinski definition) is 4. The fraction of sp³-hybridized carbons (Fsp3) is 0.308. The van der Waals surface area contributed by atoms with Crippen LogP contribution in [0.1, 0.15) is 27.1 Å². The first-order valence-electron chi connectivity index (χ1n) is 5.89. The van der Waals surface area contributed by atoms with Gasteiger partial charge in [0.05, 0.1) is 23.7 Å². The Hall–Kier alpha value is -2.24. The minimum absolute atomic E-state index is 0.207. The summed E-state index contributed by atoms with van der Waals surface area (Å²) in [4.78, 5) is 40.2. The molecule has 3 rings (SSSR count). The molecule has 1 aliphatic carbocycles. The van der Waals surface area contributed by atoms with E-state index >= 15 is 0 Å². The Morgan fingerprint density at radius 3 is 2.32 bits per heavy atom. The van der Waals surface area contributed by atoms with Crippen LogP contribution in [0.15, 0.2) is 24.3 Å². The lowest BCUT2D eigenvalue weighted by molar-refractivity contribution is -0.170. The van der Waals surface area contributed by atoms with Gasteiger partial charge in [-0.05, 0) is 18.6 Å². The van der Waals surface area contributed by atoms with Crippen molar-refractivity contribution in [3.05, 3.63) is 35.4 Å². The summed E-state index contributed by atoms with van der Waals surface area (Å²) in [6.07, 6.45) is 0.401. The first-order valence-corrected chi connectivity index (χ1v) is 5.89. The van der Waals surface area contributed by atoms with Gasteiger partial charge < -0.3 is 4.84 Å².